The van der Waals surface area contributed by atoms with E-state index >= 15 is 0 Å². The summed E-state index contributed by atoms with van der Waals surface area (Å²) >= 11 is 0. The number of carbonyl (C=O) groups excluding carboxylic acids is 3. The predicted molar refractivity (Wildman–Crippen MR) is 168 cm³/mol. The van der Waals surface area contributed by atoms with Gasteiger partial charge in [-0.2, -0.15) is 26.3 Å². The molecule has 0 fully saturated rings. The number of alkyl halides is 6. The summed E-state index contributed by atoms with van der Waals surface area (Å²) < 4.78 is 103. The molecule has 0 aromatic heterocycles. The van der Waals surface area contributed by atoms with E-state index in [1.807, 2.05) is 0 Å². The number of ether oxygens (including phenoxy) is 4. The highest BCUT2D eigenvalue weighted by Crippen LogP contribution is 2.38. The number of alkyl carbamates (subject to hydrolysis) is 2. The van der Waals surface area contributed by atoms with Gasteiger partial charge in [0.2, 0.25) is 0 Å². The van der Waals surface area contributed by atoms with Crippen molar-refractivity contribution >= 4 is 18.2 Å². The van der Waals surface area contributed by atoms with Gasteiger partial charge in [0, 0.05) is 0 Å². The van der Waals surface area contributed by atoms with E-state index in [0.717, 1.165) is 13.2 Å². The Morgan fingerprint density at radius 3 is 1.82 bits per heavy atom. The standard InChI is InChI=1S/C35H36F6N2O7/c1-22(24-16-26(34(36,37)38)18-27(17-24)35(39,40)41)49-21-33(25-14-10-7-11-15-25,43-31(46)48-20-23-12-8-6-9-13-23)19-28(29(44)47-5)42-30(45)50-32(2,3)4/h6-19,22H,20-21H2,1-5H3,(H,42,45)(H,43,46)/b28-19+/t22-,33-/m1/s1. The number of amides is 2. The molecule has 2 amide bonds. The maximum atomic E-state index is 13.6. The Kier molecular flexibility index (Phi) is 12.7. The van der Waals surface area contributed by atoms with E-state index in [1.54, 1.807) is 69.3 Å². The number of carbonyl (C=O) groups is 3. The van der Waals surface area contributed by atoms with E-state index in [1.165, 1.54) is 19.1 Å². The topological polar surface area (TPSA) is 112 Å². The number of hydrogen-bond donors (Lipinski definition) is 2. The molecule has 0 bridgehead atoms. The average molecular weight is 711 g/mol. The Morgan fingerprint density at radius 2 is 1.32 bits per heavy atom. The van der Waals surface area contributed by atoms with Gasteiger partial charge in [-0.1, -0.05) is 60.7 Å². The molecule has 270 valence electrons. The lowest BCUT2D eigenvalue weighted by Crippen LogP contribution is -2.49. The Hall–Kier alpha value is -5.05. The fraction of sp³-hybridized carbons (Fsp3) is 0.343. The summed E-state index contributed by atoms with van der Waals surface area (Å²) in [6, 6.07) is 17.3. The number of benzene rings is 3. The quantitative estimate of drug-likeness (QED) is 0.0893. The number of nitrogens with one attached hydrogen (secondary N) is 2. The molecule has 2 N–H and O–H groups in total. The van der Waals surface area contributed by atoms with Gasteiger partial charge in [0.25, 0.3) is 0 Å². The summed E-state index contributed by atoms with van der Waals surface area (Å²) in [6.07, 6.45) is -12.8. The minimum Gasteiger partial charge on any atom is -0.464 e. The molecular weight excluding hydrogens is 674 g/mol. The van der Waals surface area contributed by atoms with Crippen LogP contribution in [0.25, 0.3) is 0 Å². The molecule has 0 saturated heterocycles. The summed E-state index contributed by atoms with van der Waals surface area (Å²) in [4.78, 5) is 39.1. The van der Waals surface area contributed by atoms with E-state index in [2.05, 4.69) is 10.6 Å². The summed E-state index contributed by atoms with van der Waals surface area (Å²) in [5, 5.41) is 4.88. The van der Waals surface area contributed by atoms with Gasteiger partial charge >= 0.3 is 30.5 Å². The lowest BCUT2D eigenvalue weighted by molar-refractivity contribution is -0.143. The highest BCUT2D eigenvalue weighted by atomic mass is 19.4. The molecule has 15 heteroatoms. The molecule has 0 aliphatic carbocycles. The van der Waals surface area contributed by atoms with Crippen molar-refractivity contribution in [2.45, 2.75) is 63.9 Å². The Morgan fingerprint density at radius 1 is 0.780 bits per heavy atom. The first-order valence-electron chi connectivity index (χ1n) is 15.0. The highest BCUT2D eigenvalue weighted by Gasteiger charge is 2.39. The third-order valence-electron chi connectivity index (χ3n) is 6.90. The molecule has 0 aliphatic rings. The van der Waals surface area contributed by atoms with Crippen LogP contribution in [0, 0.1) is 0 Å². The number of halogens is 6. The van der Waals surface area contributed by atoms with Gasteiger partial charge in [0.05, 0.1) is 30.9 Å². The molecule has 0 radical (unpaired) electrons. The van der Waals surface area contributed by atoms with Crippen molar-refractivity contribution in [1.29, 1.82) is 0 Å². The summed E-state index contributed by atoms with van der Waals surface area (Å²) in [6.45, 7) is 5.00. The van der Waals surface area contributed by atoms with Crippen LogP contribution in [0.15, 0.2) is 90.6 Å². The van der Waals surface area contributed by atoms with Crippen LogP contribution in [0.3, 0.4) is 0 Å². The van der Waals surface area contributed by atoms with Crippen molar-refractivity contribution in [3.8, 4) is 0 Å². The summed E-state index contributed by atoms with van der Waals surface area (Å²) in [5.74, 6) is -1.10. The van der Waals surface area contributed by atoms with E-state index in [0.29, 0.717) is 17.7 Å². The second-order valence-electron chi connectivity index (χ2n) is 12.0. The Balaban J connectivity index is 2.15. The van der Waals surface area contributed by atoms with Crippen molar-refractivity contribution in [3.05, 3.63) is 118 Å². The molecular formula is C35H36F6N2O7. The first kappa shape index (κ1) is 39.4. The van der Waals surface area contributed by atoms with Crippen molar-refractivity contribution in [2.75, 3.05) is 13.7 Å². The zero-order valence-corrected chi connectivity index (χ0v) is 27.7. The van der Waals surface area contributed by atoms with Crippen LogP contribution in [0.2, 0.25) is 0 Å². The molecule has 3 rings (SSSR count). The highest BCUT2D eigenvalue weighted by molar-refractivity contribution is 5.92. The molecule has 3 aromatic carbocycles. The van der Waals surface area contributed by atoms with Gasteiger partial charge in [-0.3, -0.25) is 5.32 Å². The van der Waals surface area contributed by atoms with Crippen molar-refractivity contribution in [2.24, 2.45) is 0 Å². The Bertz CT molecular complexity index is 1620. The molecule has 3 aromatic rings. The van der Waals surface area contributed by atoms with E-state index in [9.17, 15) is 40.7 Å². The van der Waals surface area contributed by atoms with E-state index in [-0.39, 0.29) is 18.2 Å². The van der Waals surface area contributed by atoms with Crippen molar-refractivity contribution < 1.29 is 59.7 Å². The van der Waals surface area contributed by atoms with E-state index < -0.39 is 76.7 Å². The number of rotatable bonds is 11. The van der Waals surface area contributed by atoms with Gasteiger partial charge in [-0.15, -0.1) is 0 Å². The lowest BCUT2D eigenvalue weighted by Gasteiger charge is -2.34. The zero-order valence-electron chi connectivity index (χ0n) is 27.7. The van der Waals surface area contributed by atoms with Gasteiger partial charge in [0.1, 0.15) is 23.4 Å². The second kappa shape index (κ2) is 16.1. The molecule has 0 heterocycles. The molecule has 9 nitrogen and oxygen atoms in total. The Labute approximate surface area is 284 Å². The molecule has 0 saturated carbocycles. The first-order valence-corrected chi connectivity index (χ1v) is 15.0. The van der Waals surface area contributed by atoms with Crippen molar-refractivity contribution in [1.82, 2.24) is 10.6 Å². The first-order chi connectivity index (χ1) is 23.2. The number of hydrogen-bond acceptors (Lipinski definition) is 7. The van der Waals surface area contributed by atoms with Gasteiger partial charge in [-0.05, 0) is 68.7 Å². The number of methoxy groups -OCH3 is 1. The fourth-order valence-electron chi connectivity index (χ4n) is 4.51. The molecule has 2 atom stereocenters. The minimum absolute atomic E-state index is 0.0114. The van der Waals surface area contributed by atoms with Crippen LogP contribution in [0.5, 0.6) is 0 Å². The van der Waals surface area contributed by atoms with Crippen LogP contribution in [-0.4, -0.2) is 37.5 Å². The van der Waals surface area contributed by atoms with Gasteiger partial charge < -0.3 is 24.3 Å². The van der Waals surface area contributed by atoms with Crippen LogP contribution in [-0.2, 0) is 48.2 Å². The molecule has 50 heavy (non-hydrogen) atoms. The monoisotopic (exact) mass is 710 g/mol. The van der Waals surface area contributed by atoms with Crippen LogP contribution >= 0.6 is 0 Å². The third kappa shape index (κ3) is 11.5. The minimum atomic E-state index is -5.11. The molecule has 0 aliphatic heterocycles. The largest absolute Gasteiger partial charge is 0.464 e. The second-order valence-corrected chi connectivity index (χ2v) is 12.0. The van der Waals surface area contributed by atoms with Gasteiger partial charge in [0.15, 0.2) is 0 Å². The maximum absolute atomic E-state index is 13.6. The summed E-state index contributed by atoms with van der Waals surface area (Å²) in [5.41, 5.74) is -6.30. The van der Waals surface area contributed by atoms with Crippen LogP contribution in [0.1, 0.15) is 61.6 Å². The van der Waals surface area contributed by atoms with E-state index in [4.69, 9.17) is 18.9 Å². The van der Waals surface area contributed by atoms with Crippen LogP contribution < -0.4 is 10.6 Å². The molecule has 0 spiro atoms. The predicted octanol–water partition coefficient (Wildman–Crippen LogP) is 8.21. The van der Waals surface area contributed by atoms with Crippen LogP contribution in [0.4, 0.5) is 35.9 Å². The maximum Gasteiger partial charge on any atom is 0.416 e. The fourth-order valence-corrected chi connectivity index (χ4v) is 4.51. The number of esters is 1. The molecule has 0 unspecified atom stereocenters. The average Bonchev–Trinajstić information content (AvgIpc) is 3.04. The SMILES string of the molecule is COC(=O)/C(=C\[C@](CO[C@H](C)c1cc(C(F)(F)F)cc(C(F)(F)F)c1)(NC(=O)OCc1ccccc1)c1ccccc1)NC(=O)OC(C)(C)C. The zero-order chi connectivity index (χ0) is 37.3. The van der Waals surface area contributed by atoms with Gasteiger partial charge in [-0.25, -0.2) is 14.4 Å². The van der Waals surface area contributed by atoms with Crippen molar-refractivity contribution in [3.63, 3.8) is 0 Å². The smallest absolute Gasteiger partial charge is 0.416 e. The third-order valence-corrected chi connectivity index (χ3v) is 6.90. The normalized spacial score (nSPS) is 14.2. The lowest BCUT2D eigenvalue weighted by atomic mass is 9.89. The summed E-state index contributed by atoms with van der Waals surface area (Å²) in [7, 11) is 1.02.